The third-order valence-electron chi connectivity index (χ3n) is 2.17. The third-order valence-corrected chi connectivity index (χ3v) is 3.67. The molecular weight excluding hydrogens is 256 g/mol. The Kier molecular flexibility index (Phi) is 5.88. The Labute approximate surface area is 110 Å². The lowest BCUT2D eigenvalue weighted by Crippen LogP contribution is -2.29. The van der Waals surface area contributed by atoms with Crippen LogP contribution in [0, 0.1) is 11.3 Å². The maximum Gasteiger partial charge on any atom is 0.232 e. The van der Waals surface area contributed by atoms with Crippen LogP contribution in [0.4, 0.5) is 0 Å². The summed E-state index contributed by atoms with van der Waals surface area (Å²) in [6.07, 6.45) is 0.360. The molecule has 0 heterocycles. The van der Waals surface area contributed by atoms with E-state index in [9.17, 15) is 4.79 Å². The molecule has 0 bridgehead atoms. The molecule has 17 heavy (non-hydrogen) atoms. The highest BCUT2D eigenvalue weighted by Crippen LogP contribution is 2.26. The molecule has 0 N–H and O–H groups in total. The first kappa shape index (κ1) is 13.9. The smallest absolute Gasteiger partial charge is 0.232 e. The highest BCUT2D eigenvalue weighted by molar-refractivity contribution is 8.00. The average Bonchev–Trinajstić information content (AvgIpc) is 2.34. The summed E-state index contributed by atoms with van der Waals surface area (Å²) in [7, 11) is 1.70. The summed E-state index contributed by atoms with van der Waals surface area (Å²) in [5.41, 5.74) is 0. The van der Waals surface area contributed by atoms with Gasteiger partial charge in [-0.1, -0.05) is 23.7 Å². The van der Waals surface area contributed by atoms with Crippen LogP contribution in [0.5, 0.6) is 0 Å². The molecule has 1 rings (SSSR count). The molecule has 0 aliphatic carbocycles. The van der Waals surface area contributed by atoms with E-state index in [1.54, 1.807) is 18.0 Å². The topological polar surface area (TPSA) is 44.1 Å². The average molecular weight is 269 g/mol. The molecule has 0 aromatic heterocycles. The third kappa shape index (κ3) is 4.68. The zero-order valence-corrected chi connectivity index (χ0v) is 11.1. The lowest BCUT2D eigenvalue weighted by molar-refractivity contribution is -0.127. The summed E-state index contributed by atoms with van der Waals surface area (Å²) in [5.74, 6) is 0.344. The molecule has 3 nitrogen and oxygen atoms in total. The SMILES string of the molecule is CN(CCC#N)C(=O)CSc1ccccc1Cl. The molecule has 0 saturated carbocycles. The monoisotopic (exact) mass is 268 g/mol. The van der Waals surface area contributed by atoms with E-state index in [2.05, 4.69) is 0 Å². The number of carbonyl (C=O) groups excluding carboxylic acids is 1. The van der Waals surface area contributed by atoms with Crippen molar-refractivity contribution in [2.75, 3.05) is 19.3 Å². The van der Waals surface area contributed by atoms with Crippen LogP contribution in [-0.4, -0.2) is 30.2 Å². The Morgan fingerprint density at radius 1 is 1.53 bits per heavy atom. The van der Waals surface area contributed by atoms with Crippen LogP contribution in [-0.2, 0) is 4.79 Å². The van der Waals surface area contributed by atoms with Crippen molar-refractivity contribution in [3.05, 3.63) is 29.3 Å². The fourth-order valence-corrected chi connectivity index (χ4v) is 2.33. The molecule has 0 atom stereocenters. The van der Waals surface area contributed by atoms with Crippen molar-refractivity contribution >= 4 is 29.3 Å². The van der Waals surface area contributed by atoms with Crippen LogP contribution in [0.2, 0.25) is 5.02 Å². The quantitative estimate of drug-likeness (QED) is 0.772. The number of halogens is 1. The van der Waals surface area contributed by atoms with Gasteiger partial charge in [0.25, 0.3) is 0 Å². The van der Waals surface area contributed by atoms with Crippen molar-refractivity contribution in [2.24, 2.45) is 0 Å². The summed E-state index contributed by atoms with van der Waals surface area (Å²) in [4.78, 5) is 14.1. The number of hydrogen-bond donors (Lipinski definition) is 0. The number of rotatable bonds is 5. The second kappa shape index (κ2) is 7.21. The molecule has 1 aromatic rings. The molecule has 5 heteroatoms. The lowest BCUT2D eigenvalue weighted by atomic mass is 10.4. The van der Waals surface area contributed by atoms with Gasteiger partial charge in [0.1, 0.15) is 0 Å². The van der Waals surface area contributed by atoms with Crippen molar-refractivity contribution < 1.29 is 4.79 Å². The van der Waals surface area contributed by atoms with Gasteiger partial charge in [-0.05, 0) is 12.1 Å². The number of thioether (sulfide) groups is 1. The molecule has 0 unspecified atom stereocenters. The van der Waals surface area contributed by atoms with Gasteiger partial charge in [-0.3, -0.25) is 4.79 Å². The molecular formula is C12H13ClN2OS. The van der Waals surface area contributed by atoms with Crippen LogP contribution in [0.3, 0.4) is 0 Å². The zero-order chi connectivity index (χ0) is 12.7. The summed E-state index contributed by atoms with van der Waals surface area (Å²) in [6.45, 7) is 0.471. The highest BCUT2D eigenvalue weighted by Gasteiger charge is 2.09. The minimum atomic E-state index is 0.00479. The van der Waals surface area contributed by atoms with Crippen molar-refractivity contribution in [1.82, 2.24) is 4.90 Å². The standard InChI is InChI=1S/C12H13ClN2OS/c1-15(8-4-7-14)12(16)9-17-11-6-3-2-5-10(11)13/h2-3,5-6H,4,8-9H2,1H3. The van der Waals surface area contributed by atoms with Gasteiger partial charge in [0.05, 0.1) is 23.3 Å². The Morgan fingerprint density at radius 3 is 2.88 bits per heavy atom. The van der Waals surface area contributed by atoms with Crippen LogP contribution in [0.15, 0.2) is 29.2 Å². The number of carbonyl (C=O) groups is 1. The molecule has 1 aromatic carbocycles. The van der Waals surface area contributed by atoms with Crippen molar-refractivity contribution in [3.63, 3.8) is 0 Å². The van der Waals surface area contributed by atoms with E-state index in [1.165, 1.54) is 11.8 Å². The number of amides is 1. The molecule has 1 amide bonds. The molecule has 0 fully saturated rings. The first-order valence-electron chi connectivity index (χ1n) is 5.13. The maximum absolute atomic E-state index is 11.7. The predicted molar refractivity (Wildman–Crippen MR) is 70.0 cm³/mol. The first-order valence-corrected chi connectivity index (χ1v) is 6.49. The normalized spacial score (nSPS) is 9.71. The Balaban J connectivity index is 2.43. The van der Waals surface area contributed by atoms with Crippen molar-refractivity contribution in [2.45, 2.75) is 11.3 Å². The Bertz CT molecular complexity index is 431. The van der Waals surface area contributed by atoms with Gasteiger partial charge in [-0.2, -0.15) is 5.26 Å². The summed E-state index contributed by atoms with van der Waals surface area (Å²) in [5, 5.41) is 9.09. The number of nitrogens with zero attached hydrogens (tertiary/aromatic N) is 2. The number of benzene rings is 1. The molecule has 0 spiro atoms. The van der Waals surface area contributed by atoms with E-state index in [0.29, 0.717) is 23.7 Å². The van der Waals surface area contributed by atoms with E-state index in [-0.39, 0.29) is 5.91 Å². The zero-order valence-electron chi connectivity index (χ0n) is 9.52. The maximum atomic E-state index is 11.7. The van der Waals surface area contributed by atoms with Gasteiger partial charge in [0.15, 0.2) is 0 Å². The van der Waals surface area contributed by atoms with Crippen LogP contribution in [0.25, 0.3) is 0 Å². The minimum absolute atomic E-state index is 0.00479. The van der Waals surface area contributed by atoms with Crippen LogP contribution >= 0.6 is 23.4 Å². The lowest BCUT2D eigenvalue weighted by Gasteiger charge is -2.15. The van der Waals surface area contributed by atoms with E-state index in [4.69, 9.17) is 16.9 Å². The van der Waals surface area contributed by atoms with E-state index >= 15 is 0 Å². The van der Waals surface area contributed by atoms with E-state index < -0.39 is 0 Å². The Hall–Kier alpha value is -1.18. The van der Waals surface area contributed by atoms with Gasteiger partial charge in [0.2, 0.25) is 5.91 Å². The second-order valence-corrected chi connectivity index (χ2v) is 4.87. The van der Waals surface area contributed by atoms with Crippen LogP contribution < -0.4 is 0 Å². The summed E-state index contributed by atoms with van der Waals surface area (Å²) in [6, 6.07) is 9.44. The molecule has 0 aliphatic heterocycles. The Morgan fingerprint density at radius 2 is 2.24 bits per heavy atom. The van der Waals surface area contributed by atoms with Gasteiger partial charge in [-0.25, -0.2) is 0 Å². The van der Waals surface area contributed by atoms with Gasteiger partial charge in [-0.15, -0.1) is 11.8 Å². The molecule has 0 aliphatic rings. The van der Waals surface area contributed by atoms with Crippen LogP contribution in [0.1, 0.15) is 6.42 Å². The van der Waals surface area contributed by atoms with Crippen molar-refractivity contribution in [3.8, 4) is 6.07 Å². The van der Waals surface area contributed by atoms with E-state index in [0.717, 1.165) is 4.90 Å². The van der Waals surface area contributed by atoms with Gasteiger partial charge >= 0.3 is 0 Å². The van der Waals surface area contributed by atoms with Gasteiger partial charge in [0, 0.05) is 18.5 Å². The fourth-order valence-electron chi connectivity index (χ4n) is 1.15. The fraction of sp³-hybridized carbons (Fsp3) is 0.333. The summed E-state index contributed by atoms with van der Waals surface area (Å²) < 4.78 is 0. The first-order chi connectivity index (χ1) is 8.15. The molecule has 90 valence electrons. The predicted octanol–water partition coefficient (Wildman–Crippen LogP) is 2.80. The largest absolute Gasteiger partial charge is 0.344 e. The minimum Gasteiger partial charge on any atom is -0.344 e. The second-order valence-electron chi connectivity index (χ2n) is 3.44. The highest BCUT2D eigenvalue weighted by atomic mass is 35.5. The van der Waals surface area contributed by atoms with Gasteiger partial charge < -0.3 is 4.90 Å². The summed E-state index contributed by atoms with van der Waals surface area (Å²) >= 11 is 7.39. The number of nitriles is 1. The molecule has 0 saturated heterocycles. The number of hydrogen-bond acceptors (Lipinski definition) is 3. The van der Waals surface area contributed by atoms with Crippen molar-refractivity contribution in [1.29, 1.82) is 5.26 Å². The van der Waals surface area contributed by atoms with E-state index in [1.807, 2.05) is 24.3 Å². The molecule has 0 radical (unpaired) electrons.